The molecule has 0 unspecified atom stereocenters. The van der Waals surface area contributed by atoms with Gasteiger partial charge in [0.2, 0.25) is 0 Å². The predicted molar refractivity (Wildman–Crippen MR) is 66.3 cm³/mol. The molecule has 2 aromatic rings. The van der Waals surface area contributed by atoms with Crippen LogP contribution in [-0.2, 0) is 0 Å². The lowest BCUT2D eigenvalue weighted by Crippen LogP contribution is -2.42. The Kier molecular flexibility index (Phi) is 2.93. The number of piperidine rings is 1. The van der Waals surface area contributed by atoms with Crippen molar-refractivity contribution in [2.75, 3.05) is 13.1 Å². The minimum Gasteiger partial charge on any atom is -0.349 e. The SMILES string of the molecule is O=C(NC1CCNCC1)c1cnn2ccncc12. The Labute approximate surface area is 104 Å². The number of fused-ring (bicyclic) bond motifs is 1. The smallest absolute Gasteiger partial charge is 0.255 e. The van der Waals surface area contributed by atoms with Crippen LogP contribution in [0.5, 0.6) is 0 Å². The molecule has 6 heteroatoms. The predicted octanol–water partition coefficient (Wildman–Crippen LogP) is 0.211. The Bertz CT molecular complexity index is 558. The van der Waals surface area contributed by atoms with Crippen LogP contribution in [0.4, 0.5) is 0 Å². The second kappa shape index (κ2) is 4.73. The van der Waals surface area contributed by atoms with Gasteiger partial charge in [0.15, 0.2) is 0 Å². The molecule has 94 valence electrons. The largest absolute Gasteiger partial charge is 0.349 e. The third-order valence-corrected chi connectivity index (χ3v) is 3.24. The zero-order valence-corrected chi connectivity index (χ0v) is 9.97. The first-order chi connectivity index (χ1) is 8.84. The van der Waals surface area contributed by atoms with Crippen LogP contribution in [0.15, 0.2) is 24.8 Å². The standard InChI is InChI=1S/C12H15N5O/c18-12(16-9-1-3-13-4-2-9)10-7-15-17-6-5-14-8-11(10)17/h5-9,13H,1-4H2,(H,16,18). The van der Waals surface area contributed by atoms with E-state index in [-0.39, 0.29) is 11.9 Å². The number of carbonyl (C=O) groups is 1. The van der Waals surface area contributed by atoms with Crippen LogP contribution in [0, 0.1) is 0 Å². The summed E-state index contributed by atoms with van der Waals surface area (Å²) in [4.78, 5) is 16.2. The number of nitrogens with zero attached hydrogens (tertiary/aromatic N) is 3. The summed E-state index contributed by atoms with van der Waals surface area (Å²) in [5.41, 5.74) is 1.32. The first kappa shape index (κ1) is 11.2. The molecule has 0 aromatic carbocycles. The van der Waals surface area contributed by atoms with E-state index in [9.17, 15) is 4.79 Å². The zero-order valence-electron chi connectivity index (χ0n) is 9.97. The maximum absolute atomic E-state index is 12.2. The van der Waals surface area contributed by atoms with Gasteiger partial charge in [-0.1, -0.05) is 0 Å². The Balaban J connectivity index is 1.79. The van der Waals surface area contributed by atoms with Crippen molar-refractivity contribution in [2.24, 2.45) is 0 Å². The second-order valence-electron chi connectivity index (χ2n) is 4.46. The van der Waals surface area contributed by atoms with Gasteiger partial charge in [-0.3, -0.25) is 9.78 Å². The van der Waals surface area contributed by atoms with E-state index in [4.69, 9.17) is 0 Å². The van der Waals surface area contributed by atoms with E-state index in [0.29, 0.717) is 5.56 Å². The van der Waals surface area contributed by atoms with E-state index in [1.54, 1.807) is 29.3 Å². The summed E-state index contributed by atoms with van der Waals surface area (Å²) < 4.78 is 1.66. The lowest BCUT2D eigenvalue weighted by Gasteiger charge is -2.23. The molecule has 1 amide bonds. The highest BCUT2D eigenvalue weighted by Crippen LogP contribution is 2.10. The molecule has 1 fully saturated rings. The molecule has 0 aliphatic carbocycles. The molecule has 0 spiro atoms. The fraction of sp³-hybridized carbons (Fsp3) is 0.417. The van der Waals surface area contributed by atoms with Crippen molar-refractivity contribution in [2.45, 2.75) is 18.9 Å². The lowest BCUT2D eigenvalue weighted by atomic mass is 10.1. The molecule has 2 N–H and O–H groups in total. The zero-order chi connectivity index (χ0) is 12.4. The molecule has 1 saturated heterocycles. The molecule has 1 aliphatic heterocycles. The summed E-state index contributed by atoms with van der Waals surface area (Å²) in [7, 11) is 0. The fourth-order valence-electron chi connectivity index (χ4n) is 2.24. The van der Waals surface area contributed by atoms with Crippen LogP contribution in [0.1, 0.15) is 23.2 Å². The van der Waals surface area contributed by atoms with E-state index >= 15 is 0 Å². The monoisotopic (exact) mass is 245 g/mol. The minimum atomic E-state index is -0.0649. The van der Waals surface area contributed by atoms with E-state index in [1.807, 2.05) is 0 Å². The fourth-order valence-corrected chi connectivity index (χ4v) is 2.24. The van der Waals surface area contributed by atoms with Gasteiger partial charge in [-0.05, 0) is 25.9 Å². The molecular formula is C12H15N5O. The van der Waals surface area contributed by atoms with Crippen LogP contribution >= 0.6 is 0 Å². The third kappa shape index (κ3) is 2.06. The first-order valence-corrected chi connectivity index (χ1v) is 6.13. The summed E-state index contributed by atoms with van der Waals surface area (Å²) in [5, 5.41) is 10.5. The molecule has 3 rings (SSSR count). The van der Waals surface area contributed by atoms with E-state index < -0.39 is 0 Å². The molecule has 0 bridgehead atoms. The molecule has 3 heterocycles. The average Bonchev–Trinajstić information content (AvgIpc) is 2.84. The highest BCUT2D eigenvalue weighted by atomic mass is 16.1. The van der Waals surface area contributed by atoms with Crippen LogP contribution in [-0.4, -0.2) is 39.6 Å². The van der Waals surface area contributed by atoms with Gasteiger partial charge in [-0.15, -0.1) is 0 Å². The molecule has 0 atom stereocenters. The summed E-state index contributed by atoms with van der Waals surface area (Å²) in [6.45, 7) is 1.92. The maximum Gasteiger partial charge on any atom is 0.255 e. The van der Waals surface area contributed by atoms with Crippen LogP contribution < -0.4 is 10.6 Å². The van der Waals surface area contributed by atoms with Gasteiger partial charge in [0.25, 0.3) is 5.91 Å². The van der Waals surface area contributed by atoms with Crippen molar-refractivity contribution >= 4 is 11.4 Å². The normalized spacial score (nSPS) is 16.9. The number of carbonyl (C=O) groups excluding carboxylic acids is 1. The number of hydrogen-bond acceptors (Lipinski definition) is 4. The second-order valence-corrected chi connectivity index (χ2v) is 4.46. The topological polar surface area (TPSA) is 71.3 Å². The van der Waals surface area contributed by atoms with Gasteiger partial charge in [-0.25, -0.2) is 4.52 Å². The van der Waals surface area contributed by atoms with Gasteiger partial charge in [0.05, 0.1) is 23.5 Å². The van der Waals surface area contributed by atoms with Crippen molar-refractivity contribution in [3.05, 3.63) is 30.4 Å². The minimum absolute atomic E-state index is 0.0649. The molecule has 1 aliphatic rings. The van der Waals surface area contributed by atoms with Crippen LogP contribution in [0.3, 0.4) is 0 Å². The highest BCUT2D eigenvalue weighted by molar-refractivity contribution is 6.00. The van der Waals surface area contributed by atoms with Gasteiger partial charge in [-0.2, -0.15) is 5.10 Å². The number of amides is 1. The number of nitrogens with one attached hydrogen (secondary N) is 2. The van der Waals surface area contributed by atoms with Crippen molar-refractivity contribution in [1.29, 1.82) is 0 Å². The lowest BCUT2D eigenvalue weighted by molar-refractivity contribution is 0.0931. The summed E-state index contributed by atoms with van der Waals surface area (Å²) in [6, 6.07) is 0.255. The summed E-state index contributed by atoms with van der Waals surface area (Å²) >= 11 is 0. The average molecular weight is 245 g/mol. The van der Waals surface area contributed by atoms with Crippen molar-refractivity contribution in [3.8, 4) is 0 Å². The third-order valence-electron chi connectivity index (χ3n) is 3.24. The Morgan fingerprint density at radius 3 is 3.06 bits per heavy atom. The van der Waals surface area contributed by atoms with E-state index in [1.165, 1.54) is 0 Å². The maximum atomic E-state index is 12.2. The highest BCUT2D eigenvalue weighted by Gasteiger charge is 2.18. The molecule has 6 nitrogen and oxygen atoms in total. The van der Waals surface area contributed by atoms with Crippen molar-refractivity contribution in [3.63, 3.8) is 0 Å². The van der Waals surface area contributed by atoms with Crippen molar-refractivity contribution in [1.82, 2.24) is 25.2 Å². The van der Waals surface area contributed by atoms with Gasteiger partial charge >= 0.3 is 0 Å². The number of rotatable bonds is 2. The van der Waals surface area contributed by atoms with Crippen LogP contribution in [0.2, 0.25) is 0 Å². The van der Waals surface area contributed by atoms with E-state index in [0.717, 1.165) is 31.4 Å². The number of hydrogen-bond donors (Lipinski definition) is 2. The quantitative estimate of drug-likeness (QED) is 0.793. The molecule has 0 saturated carbocycles. The molecule has 2 aromatic heterocycles. The van der Waals surface area contributed by atoms with Gasteiger partial charge in [0.1, 0.15) is 0 Å². The summed E-state index contributed by atoms with van der Waals surface area (Å²) in [6.07, 6.45) is 8.58. The van der Waals surface area contributed by atoms with Crippen LogP contribution in [0.25, 0.3) is 5.52 Å². The van der Waals surface area contributed by atoms with Crippen molar-refractivity contribution < 1.29 is 4.79 Å². The Morgan fingerprint density at radius 2 is 2.22 bits per heavy atom. The van der Waals surface area contributed by atoms with Gasteiger partial charge < -0.3 is 10.6 Å². The van der Waals surface area contributed by atoms with E-state index in [2.05, 4.69) is 20.7 Å². The number of aromatic nitrogens is 3. The molecular weight excluding hydrogens is 230 g/mol. The Morgan fingerprint density at radius 1 is 1.39 bits per heavy atom. The first-order valence-electron chi connectivity index (χ1n) is 6.13. The Hall–Kier alpha value is -1.95. The van der Waals surface area contributed by atoms with Gasteiger partial charge in [0, 0.05) is 18.4 Å². The summed E-state index contributed by atoms with van der Waals surface area (Å²) in [5.74, 6) is -0.0649. The molecule has 0 radical (unpaired) electrons. The molecule has 18 heavy (non-hydrogen) atoms.